The van der Waals surface area contributed by atoms with Crippen molar-refractivity contribution in [3.63, 3.8) is 0 Å². The molecule has 0 spiro atoms. The van der Waals surface area contributed by atoms with Crippen LogP contribution in [0.2, 0.25) is 0 Å². The number of hydrogen-bond donors (Lipinski definition) is 2. The van der Waals surface area contributed by atoms with Crippen LogP contribution in [0.1, 0.15) is 25.7 Å². The number of aliphatic hydroxyl groups is 1. The van der Waals surface area contributed by atoms with Gasteiger partial charge in [-0.1, -0.05) is 12.8 Å². The summed E-state index contributed by atoms with van der Waals surface area (Å²) in [7, 11) is 0. The molecule has 4 nitrogen and oxygen atoms in total. The number of rotatable bonds is 3. The Hall–Kier alpha value is -0.160. The van der Waals surface area contributed by atoms with Crippen molar-refractivity contribution in [2.75, 3.05) is 26.4 Å². The predicted octanol–water partition coefficient (Wildman–Crippen LogP) is 0.295. The number of nitrogens with one attached hydrogen (secondary N) is 1. The molecule has 0 amide bonds. The highest BCUT2D eigenvalue weighted by Gasteiger charge is 2.24. The van der Waals surface area contributed by atoms with E-state index in [1.807, 2.05) is 0 Å². The zero-order chi connectivity index (χ0) is 10.5. The van der Waals surface area contributed by atoms with Crippen LogP contribution in [-0.4, -0.2) is 49.7 Å². The maximum absolute atomic E-state index is 9.76. The molecule has 3 atom stereocenters. The Bertz CT molecular complexity index is 183. The van der Waals surface area contributed by atoms with Gasteiger partial charge in [0.2, 0.25) is 0 Å². The minimum absolute atomic E-state index is 0.160. The second-order valence-corrected chi connectivity index (χ2v) is 4.43. The third-order valence-corrected chi connectivity index (χ3v) is 3.22. The molecule has 0 aromatic heterocycles. The van der Waals surface area contributed by atoms with E-state index in [1.165, 1.54) is 6.42 Å². The predicted molar refractivity (Wildman–Crippen MR) is 56.8 cm³/mol. The highest BCUT2D eigenvalue weighted by Crippen LogP contribution is 2.18. The summed E-state index contributed by atoms with van der Waals surface area (Å²) in [5, 5.41) is 13.1. The Labute approximate surface area is 90.9 Å². The van der Waals surface area contributed by atoms with E-state index in [0.717, 1.165) is 25.8 Å². The molecule has 1 saturated heterocycles. The van der Waals surface area contributed by atoms with E-state index in [1.54, 1.807) is 0 Å². The SMILES string of the molecule is O[C@H]1CCCC[C@@H]1NCC1COCCO1. The maximum atomic E-state index is 9.76. The summed E-state index contributed by atoms with van der Waals surface area (Å²) in [4.78, 5) is 0. The minimum atomic E-state index is -0.178. The summed E-state index contributed by atoms with van der Waals surface area (Å²) >= 11 is 0. The first kappa shape index (κ1) is 11.3. The van der Waals surface area contributed by atoms with Crippen LogP contribution in [0.15, 0.2) is 0 Å². The normalized spacial score (nSPS) is 37.8. The first-order chi connectivity index (χ1) is 7.36. The molecule has 1 aliphatic heterocycles. The zero-order valence-corrected chi connectivity index (χ0v) is 9.15. The fourth-order valence-corrected chi connectivity index (χ4v) is 2.29. The zero-order valence-electron chi connectivity index (χ0n) is 9.15. The van der Waals surface area contributed by atoms with Crippen molar-refractivity contribution < 1.29 is 14.6 Å². The molecule has 1 unspecified atom stereocenters. The summed E-state index contributed by atoms with van der Waals surface area (Å²) in [5.41, 5.74) is 0. The topological polar surface area (TPSA) is 50.7 Å². The number of aliphatic hydroxyl groups excluding tert-OH is 1. The van der Waals surface area contributed by atoms with Gasteiger partial charge in [0, 0.05) is 12.6 Å². The lowest BCUT2D eigenvalue weighted by molar-refractivity contribution is -0.0885. The Morgan fingerprint density at radius 2 is 2.07 bits per heavy atom. The molecule has 1 saturated carbocycles. The minimum Gasteiger partial charge on any atom is -0.392 e. The van der Waals surface area contributed by atoms with Gasteiger partial charge in [0.1, 0.15) is 0 Å². The van der Waals surface area contributed by atoms with Crippen LogP contribution in [0.25, 0.3) is 0 Å². The van der Waals surface area contributed by atoms with E-state index >= 15 is 0 Å². The van der Waals surface area contributed by atoms with Gasteiger partial charge in [-0.2, -0.15) is 0 Å². The molecular weight excluding hydrogens is 194 g/mol. The van der Waals surface area contributed by atoms with Gasteiger partial charge >= 0.3 is 0 Å². The first-order valence-electron chi connectivity index (χ1n) is 5.97. The van der Waals surface area contributed by atoms with Crippen molar-refractivity contribution in [1.82, 2.24) is 5.32 Å². The standard InChI is InChI=1S/C11H21NO3/c13-11-4-2-1-3-10(11)12-7-9-8-14-5-6-15-9/h9-13H,1-8H2/t9?,10-,11-/m0/s1. The summed E-state index contributed by atoms with van der Waals surface area (Å²) in [6, 6.07) is 0.254. The van der Waals surface area contributed by atoms with Crippen molar-refractivity contribution in [2.45, 2.75) is 43.9 Å². The largest absolute Gasteiger partial charge is 0.392 e. The second-order valence-electron chi connectivity index (χ2n) is 4.43. The van der Waals surface area contributed by atoms with Crippen molar-refractivity contribution >= 4 is 0 Å². The maximum Gasteiger partial charge on any atom is 0.0933 e. The Balaban J connectivity index is 1.67. The van der Waals surface area contributed by atoms with Gasteiger partial charge in [0.15, 0.2) is 0 Å². The summed E-state index contributed by atoms with van der Waals surface area (Å²) in [6.45, 7) is 2.87. The molecule has 1 aliphatic carbocycles. The van der Waals surface area contributed by atoms with E-state index in [-0.39, 0.29) is 18.2 Å². The third-order valence-electron chi connectivity index (χ3n) is 3.22. The molecular formula is C11H21NO3. The van der Waals surface area contributed by atoms with Crippen LogP contribution in [0.3, 0.4) is 0 Å². The summed E-state index contributed by atoms with van der Waals surface area (Å²) in [6.07, 6.45) is 4.37. The first-order valence-corrected chi connectivity index (χ1v) is 5.97. The van der Waals surface area contributed by atoms with Crippen LogP contribution < -0.4 is 5.32 Å². The average molecular weight is 215 g/mol. The molecule has 0 aromatic rings. The highest BCUT2D eigenvalue weighted by molar-refractivity contribution is 4.81. The summed E-state index contributed by atoms with van der Waals surface area (Å²) < 4.78 is 10.9. The van der Waals surface area contributed by atoms with Crippen molar-refractivity contribution in [1.29, 1.82) is 0 Å². The van der Waals surface area contributed by atoms with E-state index in [2.05, 4.69) is 5.32 Å². The number of hydrogen-bond acceptors (Lipinski definition) is 4. The van der Waals surface area contributed by atoms with Gasteiger partial charge in [0.25, 0.3) is 0 Å². The lowest BCUT2D eigenvalue weighted by Gasteiger charge is -2.31. The molecule has 4 heteroatoms. The fraction of sp³-hybridized carbons (Fsp3) is 1.00. The highest BCUT2D eigenvalue weighted by atomic mass is 16.6. The van der Waals surface area contributed by atoms with Gasteiger partial charge in [0.05, 0.1) is 32.0 Å². The molecule has 2 fully saturated rings. The van der Waals surface area contributed by atoms with Crippen molar-refractivity contribution in [3.8, 4) is 0 Å². The van der Waals surface area contributed by atoms with Gasteiger partial charge in [-0.05, 0) is 12.8 Å². The van der Waals surface area contributed by atoms with E-state index in [0.29, 0.717) is 19.8 Å². The molecule has 2 aliphatic rings. The van der Waals surface area contributed by atoms with Crippen LogP contribution in [0.4, 0.5) is 0 Å². The molecule has 88 valence electrons. The molecule has 2 rings (SSSR count). The van der Waals surface area contributed by atoms with Gasteiger partial charge in [-0.3, -0.25) is 0 Å². The van der Waals surface area contributed by atoms with E-state index in [9.17, 15) is 5.11 Å². The van der Waals surface area contributed by atoms with Crippen LogP contribution in [-0.2, 0) is 9.47 Å². The molecule has 2 N–H and O–H groups in total. The van der Waals surface area contributed by atoms with E-state index in [4.69, 9.17) is 9.47 Å². The Morgan fingerprint density at radius 1 is 1.20 bits per heavy atom. The molecule has 15 heavy (non-hydrogen) atoms. The quantitative estimate of drug-likeness (QED) is 0.710. The fourth-order valence-electron chi connectivity index (χ4n) is 2.29. The smallest absolute Gasteiger partial charge is 0.0933 e. The Morgan fingerprint density at radius 3 is 2.80 bits per heavy atom. The lowest BCUT2D eigenvalue weighted by atomic mass is 9.92. The summed E-state index contributed by atoms with van der Waals surface area (Å²) in [5.74, 6) is 0. The van der Waals surface area contributed by atoms with Crippen LogP contribution in [0, 0.1) is 0 Å². The monoisotopic (exact) mass is 215 g/mol. The van der Waals surface area contributed by atoms with Gasteiger partial charge in [-0.25, -0.2) is 0 Å². The molecule has 0 radical (unpaired) electrons. The molecule has 0 bridgehead atoms. The van der Waals surface area contributed by atoms with Crippen molar-refractivity contribution in [3.05, 3.63) is 0 Å². The van der Waals surface area contributed by atoms with Gasteiger partial charge in [-0.15, -0.1) is 0 Å². The third kappa shape index (κ3) is 3.41. The van der Waals surface area contributed by atoms with Gasteiger partial charge < -0.3 is 19.9 Å². The second kappa shape index (κ2) is 5.80. The number of ether oxygens (including phenoxy) is 2. The lowest BCUT2D eigenvalue weighted by Crippen LogP contribution is -2.47. The molecule has 1 heterocycles. The van der Waals surface area contributed by atoms with Crippen LogP contribution in [0.5, 0.6) is 0 Å². The molecule has 0 aromatic carbocycles. The van der Waals surface area contributed by atoms with Crippen LogP contribution >= 0.6 is 0 Å². The average Bonchev–Trinajstić information content (AvgIpc) is 2.29. The van der Waals surface area contributed by atoms with E-state index < -0.39 is 0 Å². The Kier molecular flexibility index (Phi) is 4.38. The van der Waals surface area contributed by atoms with Crippen molar-refractivity contribution in [2.24, 2.45) is 0 Å².